The molecule has 0 aromatic carbocycles. The van der Waals surface area contributed by atoms with Crippen LogP contribution in [0.4, 0.5) is 11.5 Å². The molecule has 3 N–H and O–H groups in total. The van der Waals surface area contributed by atoms with E-state index in [-0.39, 0.29) is 12.0 Å². The number of nitrogens with one attached hydrogen (secondary N) is 3. The largest absolute Gasteiger partial charge is 0.374 e. The average molecular weight is 345 g/mol. The fourth-order valence-corrected chi connectivity index (χ4v) is 2.78. The van der Waals surface area contributed by atoms with Gasteiger partial charge in [-0.2, -0.15) is 10.2 Å². The van der Waals surface area contributed by atoms with E-state index in [1.54, 1.807) is 6.20 Å². The Morgan fingerprint density at radius 3 is 3.08 bits per heavy atom. The maximum Gasteiger partial charge on any atom is 0.238 e. The zero-order chi connectivity index (χ0) is 17.6. The molecule has 9 heteroatoms. The second-order valence-corrected chi connectivity index (χ2v) is 6.07. The minimum atomic E-state index is -0.0462. The molecule has 1 aliphatic rings. The Morgan fingerprint density at radius 1 is 1.48 bits per heavy atom. The zero-order valence-electron chi connectivity index (χ0n) is 14.5. The Hall–Kier alpha value is -2.52. The van der Waals surface area contributed by atoms with E-state index in [0.29, 0.717) is 32.1 Å². The second-order valence-electron chi connectivity index (χ2n) is 6.07. The summed E-state index contributed by atoms with van der Waals surface area (Å²) < 4.78 is 5.76. The van der Waals surface area contributed by atoms with Crippen molar-refractivity contribution in [3.05, 3.63) is 29.7 Å². The number of hydrogen-bond donors (Lipinski definition) is 3. The van der Waals surface area contributed by atoms with Crippen molar-refractivity contribution in [3.63, 3.8) is 0 Å². The first-order valence-electron chi connectivity index (χ1n) is 8.29. The van der Waals surface area contributed by atoms with E-state index < -0.39 is 0 Å². The van der Waals surface area contributed by atoms with E-state index >= 15 is 0 Å². The van der Waals surface area contributed by atoms with E-state index in [4.69, 9.17) is 4.74 Å². The highest BCUT2D eigenvalue weighted by atomic mass is 16.5. The van der Waals surface area contributed by atoms with Crippen molar-refractivity contribution in [3.8, 4) is 0 Å². The number of carbonyl (C=O) groups excluding carboxylic acids is 1. The van der Waals surface area contributed by atoms with Crippen LogP contribution in [0.15, 0.2) is 18.3 Å². The monoisotopic (exact) mass is 345 g/mol. The van der Waals surface area contributed by atoms with Gasteiger partial charge in [0.25, 0.3) is 0 Å². The Kier molecular flexibility index (Phi) is 5.56. The molecule has 1 fully saturated rings. The van der Waals surface area contributed by atoms with Gasteiger partial charge < -0.3 is 15.4 Å². The van der Waals surface area contributed by atoms with Crippen LogP contribution in [0.3, 0.4) is 0 Å². The number of aromatic amines is 1. The highest BCUT2D eigenvalue weighted by Gasteiger charge is 2.22. The number of morpholine rings is 1. The third kappa shape index (κ3) is 4.74. The van der Waals surface area contributed by atoms with E-state index in [9.17, 15) is 4.79 Å². The molecular weight excluding hydrogens is 322 g/mol. The molecule has 1 aliphatic heterocycles. The summed E-state index contributed by atoms with van der Waals surface area (Å²) in [4.78, 5) is 14.4. The summed E-state index contributed by atoms with van der Waals surface area (Å²) in [6.07, 6.45) is 1.63. The summed E-state index contributed by atoms with van der Waals surface area (Å²) in [5.74, 6) is 0.669. The van der Waals surface area contributed by atoms with Crippen molar-refractivity contribution in [1.29, 1.82) is 0 Å². The minimum Gasteiger partial charge on any atom is -0.374 e. The lowest BCUT2D eigenvalue weighted by molar-refractivity contribution is -0.119. The summed E-state index contributed by atoms with van der Waals surface area (Å²) in [6, 6.07) is 3.68. The number of H-pyrrole nitrogens is 1. The number of aryl methyl sites for hydroxylation is 2. The number of carbonyl (C=O) groups is 1. The standard InChI is InChI=1S/C16H23N7O2/c1-11-16(12(2)21-20-11)19-15(24)10-23-6-7-25-13(9-23)8-17-14-4-3-5-18-22-14/h3-5,13H,6-10H2,1-2H3,(H,17,22)(H,19,24)(H,20,21)/t13-/m1/s1. The SMILES string of the molecule is Cc1n[nH]c(C)c1NC(=O)CN1CCO[C@H](CNc2cccnn2)C1. The van der Waals surface area contributed by atoms with Crippen LogP contribution in [-0.4, -0.2) is 70.1 Å². The second kappa shape index (κ2) is 8.04. The third-order valence-corrected chi connectivity index (χ3v) is 4.07. The van der Waals surface area contributed by atoms with E-state index in [2.05, 4.69) is 35.9 Å². The molecule has 3 rings (SSSR count). The number of ether oxygens (including phenoxy) is 1. The summed E-state index contributed by atoms with van der Waals surface area (Å²) in [6.45, 7) is 6.72. The summed E-state index contributed by atoms with van der Waals surface area (Å²) in [5, 5.41) is 20.9. The topological polar surface area (TPSA) is 108 Å². The number of amides is 1. The van der Waals surface area contributed by atoms with Gasteiger partial charge in [-0.3, -0.25) is 14.8 Å². The van der Waals surface area contributed by atoms with Gasteiger partial charge >= 0.3 is 0 Å². The number of rotatable bonds is 6. The van der Waals surface area contributed by atoms with Crippen LogP contribution >= 0.6 is 0 Å². The molecule has 0 radical (unpaired) electrons. The van der Waals surface area contributed by atoms with Crippen LogP contribution in [0.1, 0.15) is 11.4 Å². The first kappa shape index (κ1) is 17.3. The van der Waals surface area contributed by atoms with Crippen molar-refractivity contribution in [2.75, 3.05) is 43.4 Å². The van der Waals surface area contributed by atoms with Crippen molar-refractivity contribution in [2.24, 2.45) is 0 Å². The lowest BCUT2D eigenvalue weighted by Gasteiger charge is -2.32. The number of aromatic nitrogens is 4. The smallest absolute Gasteiger partial charge is 0.238 e. The van der Waals surface area contributed by atoms with Crippen LogP contribution < -0.4 is 10.6 Å². The minimum absolute atomic E-state index is 0.000883. The molecule has 1 saturated heterocycles. The van der Waals surface area contributed by atoms with Gasteiger partial charge in [0.15, 0.2) is 0 Å². The summed E-state index contributed by atoms with van der Waals surface area (Å²) >= 11 is 0. The summed E-state index contributed by atoms with van der Waals surface area (Å²) in [7, 11) is 0. The molecule has 0 aliphatic carbocycles. The Balaban J connectivity index is 1.47. The molecule has 134 valence electrons. The van der Waals surface area contributed by atoms with Gasteiger partial charge in [0, 0.05) is 25.8 Å². The molecule has 25 heavy (non-hydrogen) atoms. The van der Waals surface area contributed by atoms with Gasteiger partial charge in [-0.25, -0.2) is 0 Å². The van der Waals surface area contributed by atoms with E-state index in [1.807, 2.05) is 26.0 Å². The van der Waals surface area contributed by atoms with Crippen molar-refractivity contribution < 1.29 is 9.53 Å². The Morgan fingerprint density at radius 2 is 2.36 bits per heavy atom. The van der Waals surface area contributed by atoms with Gasteiger partial charge in [0.1, 0.15) is 5.82 Å². The van der Waals surface area contributed by atoms with Crippen LogP contribution in [0, 0.1) is 13.8 Å². The Labute approximate surface area is 146 Å². The molecule has 3 heterocycles. The predicted octanol–water partition coefficient (Wildman–Crippen LogP) is 0.568. The molecule has 0 spiro atoms. The van der Waals surface area contributed by atoms with Crippen LogP contribution in [0.2, 0.25) is 0 Å². The van der Waals surface area contributed by atoms with Gasteiger partial charge in [0.2, 0.25) is 5.91 Å². The van der Waals surface area contributed by atoms with E-state index in [0.717, 1.165) is 23.6 Å². The fraction of sp³-hybridized carbons (Fsp3) is 0.500. The average Bonchev–Trinajstić information content (AvgIpc) is 2.93. The van der Waals surface area contributed by atoms with Gasteiger partial charge in [-0.15, -0.1) is 5.10 Å². The Bertz CT molecular complexity index is 684. The molecule has 1 atom stereocenters. The molecule has 2 aromatic rings. The fourth-order valence-electron chi connectivity index (χ4n) is 2.78. The molecule has 0 unspecified atom stereocenters. The normalized spacial score (nSPS) is 18.1. The third-order valence-electron chi connectivity index (χ3n) is 4.07. The molecule has 2 aromatic heterocycles. The lowest BCUT2D eigenvalue weighted by atomic mass is 10.2. The maximum atomic E-state index is 12.3. The number of nitrogens with zero attached hydrogens (tertiary/aromatic N) is 4. The van der Waals surface area contributed by atoms with Crippen LogP contribution in [0.5, 0.6) is 0 Å². The maximum absolute atomic E-state index is 12.3. The number of anilines is 2. The van der Waals surface area contributed by atoms with Gasteiger partial charge in [-0.05, 0) is 26.0 Å². The molecular formula is C16H23N7O2. The molecule has 0 saturated carbocycles. The molecule has 0 bridgehead atoms. The highest BCUT2D eigenvalue weighted by Crippen LogP contribution is 2.16. The molecule has 1 amide bonds. The first-order valence-corrected chi connectivity index (χ1v) is 8.29. The molecule has 9 nitrogen and oxygen atoms in total. The number of hydrogen-bond acceptors (Lipinski definition) is 7. The zero-order valence-corrected chi connectivity index (χ0v) is 14.5. The van der Waals surface area contributed by atoms with Crippen LogP contribution in [-0.2, 0) is 9.53 Å². The van der Waals surface area contributed by atoms with Gasteiger partial charge in [0.05, 0.1) is 36.3 Å². The van der Waals surface area contributed by atoms with Crippen molar-refractivity contribution in [2.45, 2.75) is 20.0 Å². The predicted molar refractivity (Wildman–Crippen MR) is 93.4 cm³/mol. The lowest BCUT2D eigenvalue weighted by Crippen LogP contribution is -2.47. The van der Waals surface area contributed by atoms with Crippen molar-refractivity contribution >= 4 is 17.4 Å². The van der Waals surface area contributed by atoms with Crippen molar-refractivity contribution in [1.82, 2.24) is 25.3 Å². The quantitative estimate of drug-likeness (QED) is 0.702. The first-order chi connectivity index (χ1) is 12.1. The van der Waals surface area contributed by atoms with E-state index in [1.165, 1.54) is 0 Å². The van der Waals surface area contributed by atoms with Gasteiger partial charge in [-0.1, -0.05) is 0 Å². The summed E-state index contributed by atoms with van der Waals surface area (Å²) in [5.41, 5.74) is 2.41. The van der Waals surface area contributed by atoms with Crippen LogP contribution in [0.25, 0.3) is 0 Å². The highest BCUT2D eigenvalue weighted by molar-refractivity contribution is 5.93.